The van der Waals surface area contributed by atoms with Gasteiger partial charge in [-0.05, 0) is 49.1 Å². The van der Waals surface area contributed by atoms with Gasteiger partial charge in [0.25, 0.3) is 0 Å². The number of hydrogen-bond acceptors (Lipinski definition) is 3. The van der Waals surface area contributed by atoms with Crippen LogP contribution in [0.4, 0.5) is 0 Å². The highest BCUT2D eigenvalue weighted by molar-refractivity contribution is 5.76. The fourth-order valence-corrected chi connectivity index (χ4v) is 3.14. The van der Waals surface area contributed by atoms with Gasteiger partial charge in [0.05, 0.1) is 17.6 Å². The van der Waals surface area contributed by atoms with E-state index in [1.807, 2.05) is 28.8 Å². The van der Waals surface area contributed by atoms with Gasteiger partial charge in [0.15, 0.2) is 0 Å². The Morgan fingerprint density at radius 3 is 2.60 bits per heavy atom. The minimum Gasteiger partial charge on any atom is -0.491 e. The number of fused-ring (bicyclic) bond motifs is 1. The first-order chi connectivity index (χ1) is 12.0. The molecule has 2 aromatic carbocycles. The molecule has 1 N–H and O–H groups in total. The lowest BCUT2D eigenvalue weighted by Gasteiger charge is -2.16. The summed E-state index contributed by atoms with van der Waals surface area (Å²) >= 11 is 0. The van der Waals surface area contributed by atoms with Gasteiger partial charge in [0, 0.05) is 0 Å². The lowest BCUT2D eigenvalue weighted by molar-refractivity contribution is 0.181. The van der Waals surface area contributed by atoms with E-state index in [9.17, 15) is 5.11 Å². The molecule has 0 saturated heterocycles. The van der Waals surface area contributed by atoms with Crippen LogP contribution < -0.4 is 4.74 Å². The second-order valence-electron chi connectivity index (χ2n) is 6.83. The van der Waals surface area contributed by atoms with Crippen LogP contribution >= 0.6 is 0 Å². The number of ether oxygens (including phenoxy) is 1. The summed E-state index contributed by atoms with van der Waals surface area (Å²) in [5.41, 5.74) is 4.33. The molecule has 1 aromatic heterocycles. The number of aryl methyl sites for hydroxylation is 1. The first kappa shape index (κ1) is 17.5. The largest absolute Gasteiger partial charge is 0.491 e. The van der Waals surface area contributed by atoms with E-state index < -0.39 is 6.10 Å². The molecule has 132 valence electrons. The van der Waals surface area contributed by atoms with Crippen molar-refractivity contribution in [3.63, 3.8) is 0 Å². The van der Waals surface area contributed by atoms with Crippen molar-refractivity contribution in [2.45, 2.75) is 46.3 Å². The summed E-state index contributed by atoms with van der Waals surface area (Å²) in [6, 6.07) is 14.3. The third kappa shape index (κ3) is 3.69. The molecule has 0 bridgehead atoms. The minimum atomic E-state index is -0.613. The predicted octanol–water partition coefficient (Wildman–Crippen LogP) is 4.60. The van der Waals surface area contributed by atoms with Crippen LogP contribution in [0, 0.1) is 6.92 Å². The molecular formula is C21H26N2O2. The molecule has 25 heavy (non-hydrogen) atoms. The number of imidazole rings is 1. The molecule has 0 radical (unpaired) electrons. The van der Waals surface area contributed by atoms with Crippen molar-refractivity contribution < 1.29 is 9.84 Å². The fourth-order valence-electron chi connectivity index (χ4n) is 3.14. The average Bonchev–Trinajstić information content (AvgIpc) is 2.94. The van der Waals surface area contributed by atoms with E-state index >= 15 is 0 Å². The van der Waals surface area contributed by atoms with Crippen LogP contribution in [0.5, 0.6) is 5.75 Å². The van der Waals surface area contributed by atoms with Crippen molar-refractivity contribution in [1.82, 2.24) is 9.55 Å². The van der Waals surface area contributed by atoms with Crippen LogP contribution in [-0.2, 0) is 6.54 Å². The Bertz CT molecular complexity index is 865. The Labute approximate surface area is 149 Å². The van der Waals surface area contributed by atoms with E-state index in [-0.39, 0.29) is 0 Å². The molecule has 0 fully saturated rings. The Morgan fingerprint density at radius 1 is 1.12 bits per heavy atom. The molecule has 1 atom stereocenters. The van der Waals surface area contributed by atoms with E-state index in [0.29, 0.717) is 24.9 Å². The highest BCUT2D eigenvalue weighted by Crippen LogP contribution is 2.28. The molecule has 3 rings (SSSR count). The van der Waals surface area contributed by atoms with Crippen molar-refractivity contribution in [2.24, 2.45) is 0 Å². The van der Waals surface area contributed by atoms with Crippen LogP contribution in [-0.4, -0.2) is 21.3 Å². The SMILES string of the molecule is Cc1ccc(C(C)C)c(OCCn2c(C(C)O)nc3ccccc32)c1. The van der Waals surface area contributed by atoms with Crippen LogP contribution in [0.3, 0.4) is 0 Å². The lowest BCUT2D eigenvalue weighted by atomic mass is 10.0. The highest BCUT2D eigenvalue weighted by Gasteiger charge is 2.15. The quantitative estimate of drug-likeness (QED) is 0.714. The normalized spacial score (nSPS) is 12.7. The third-order valence-electron chi connectivity index (χ3n) is 4.42. The molecule has 0 aliphatic heterocycles. The van der Waals surface area contributed by atoms with Crippen molar-refractivity contribution in [3.8, 4) is 5.75 Å². The van der Waals surface area contributed by atoms with Crippen molar-refractivity contribution in [2.75, 3.05) is 6.61 Å². The molecule has 1 unspecified atom stereocenters. The molecule has 1 heterocycles. The summed E-state index contributed by atoms with van der Waals surface area (Å²) in [4.78, 5) is 4.56. The zero-order valence-corrected chi connectivity index (χ0v) is 15.4. The molecule has 3 aromatic rings. The molecule has 0 amide bonds. The second-order valence-corrected chi connectivity index (χ2v) is 6.83. The van der Waals surface area contributed by atoms with Crippen LogP contribution in [0.1, 0.15) is 49.7 Å². The molecule has 0 aliphatic carbocycles. The van der Waals surface area contributed by atoms with Gasteiger partial charge in [-0.2, -0.15) is 0 Å². The number of hydrogen-bond donors (Lipinski definition) is 1. The topological polar surface area (TPSA) is 47.3 Å². The summed E-state index contributed by atoms with van der Waals surface area (Å²) in [5, 5.41) is 10.1. The van der Waals surface area contributed by atoms with Crippen molar-refractivity contribution in [1.29, 1.82) is 0 Å². The van der Waals surface area contributed by atoms with Gasteiger partial charge in [-0.15, -0.1) is 0 Å². The van der Waals surface area contributed by atoms with Crippen LogP contribution in [0.25, 0.3) is 11.0 Å². The minimum absolute atomic E-state index is 0.415. The average molecular weight is 338 g/mol. The fraction of sp³-hybridized carbons (Fsp3) is 0.381. The van der Waals surface area contributed by atoms with Gasteiger partial charge in [0.1, 0.15) is 24.3 Å². The molecular weight excluding hydrogens is 312 g/mol. The molecule has 0 saturated carbocycles. The lowest BCUT2D eigenvalue weighted by Crippen LogP contribution is -2.13. The van der Waals surface area contributed by atoms with Gasteiger partial charge in [-0.3, -0.25) is 0 Å². The summed E-state index contributed by atoms with van der Waals surface area (Å²) in [6.07, 6.45) is -0.613. The highest BCUT2D eigenvalue weighted by atomic mass is 16.5. The first-order valence-corrected chi connectivity index (χ1v) is 8.84. The van der Waals surface area contributed by atoms with Gasteiger partial charge < -0.3 is 14.4 Å². The van der Waals surface area contributed by atoms with Gasteiger partial charge in [-0.1, -0.05) is 38.1 Å². The summed E-state index contributed by atoms with van der Waals surface area (Å²) in [6.45, 7) is 9.34. The van der Waals surface area contributed by atoms with E-state index in [4.69, 9.17) is 4.74 Å². The zero-order chi connectivity index (χ0) is 18.0. The molecule has 4 nitrogen and oxygen atoms in total. The van der Waals surface area contributed by atoms with E-state index in [0.717, 1.165) is 16.8 Å². The molecule has 0 aliphatic rings. The van der Waals surface area contributed by atoms with Gasteiger partial charge in [-0.25, -0.2) is 4.98 Å². The zero-order valence-electron chi connectivity index (χ0n) is 15.4. The maximum absolute atomic E-state index is 10.1. The smallest absolute Gasteiger partial charge is 0.138 e. The number of rotatable bonds is 6. The van der Waals surface area contributed by atoms with Crippen molar-refractivity contribution >= 4 is 11.0 Å². The standard InChI is InChI=1S/C21H26N2O2/c1-14(2)17-10-9-15(3)13-20(17)25-12-11-23-19-8-6-5-7-18(19)22-21(23)16(4)24/h5-10,13-14,16,24H,11-12H2,1-4H3. The summed E-state index contributed by atoms with van der Waals surface area (Å²) in [7, 11) is 0. The number of para-hydroxylation sites is 2. The number of nitrogens with zero attached hydrogens (tertiary/aromatic N) is 2. The Hall–Kier alpha value is -2.33. The Balaban J connectivity index is 1.82. The van der Waals surface area contributed by atoms with E-state index in [1.165, 1.54) is 11.1 Å². The molecule has 4 heteroatoms. The number of benzene rings is 2. The Kier molecular flexibility index (Phi) is 5.09. The maximum atomic E-state index is 10.1. The summed E-state index contributed by atoms with van der Waals surface area (Å²) < 4.78 is 8.15. The van der Waals surface area contributed by atoms with Crippen molar-refractivity contribution in [3.05, 3.63) is 59.4 Å². The molecule has 0 spiro atoms. The van der Waals surface area contributed by atoms with Gasteiger partial charge in [0.2, 0.25) is 0 Å². The third-order valence-corrected chi connectivity index (χ3v) is 4.42. The monoisotopic (exact) mass is 338 g/mol. The van der Waals surface area contributed by atoms with E-state index in [1.54, 1.807) is 6.92 Å². The number of aromatic nitrogens is 2. The van der Waals surface area contributed by atoms with Crippen LogP contribution in [0.2, 0.25) is 0 Å². The first-order valence-electron chi connectivity index (χ1n) is 8.84. The summed E-state index contributed by atoms with van der Waals surface area (Å²) in [5.74, 6) is 2.04. The maximum Gasteiger partial charge on any atom is 0.138 e. The Morgan fingerprint density at radius 2 is 1.88 bits per heavy atom. The second kappa shape index (κ2) is 7.28. The van der Waals surface area contributed by atoms with Crippen LogP contribution in [0.15, 0.2) is 42.5 Å². The number of aliphatic hydroxyl groups excluding tert-OH is 1. The van der Waals surface area contributed by atoms with E-state index in [2.05, 4.69) is 44.0 Å². The number of aliphatic hydroxyl groups is 1. The predicted molar refractivity (Wildman–Crippen MR) is 101 cm³/mol. The van der Waals surface area contributed by atoms with Gasteiger partial charge >= 0.3 is 0 Å².